The van der Waals surface area contributed by atoms with E-state index >= 15 is 0 Å². The Balaban J connectivity index is 2.29. The highest BCUT2D eigenvalue weighted by Crippen LogP contribution is 2.25. The molecule has 19 heavy (non-hydrogen) atoms. The van der Waals surface area contributed by atoms with Crippen molar-refractivity contribution in [2.75, 3.05) is 13.1 Å². The number of carbonyl (C=O) groups excluding carboxylic acids is 1. The molecule has 0 saturated heterocycles. The van der Waals surface area contributed by atoms with Gasteiger partial charge in [0.1, 0.15) is 5.60 Å². The highest BCUT2D eigenvalue weighted by molar-refractivity contribution is 5.67. The lowest BCUT2D eigenvalue weighted by Crippen LogP contribution is -2.42. The van der Waals surface area contributed by atoms with Crippen LogP contribution in [-0.4, -0.2) is 42.0 Å². The maximum Gasteiger partial charge on any atom is 0.407 e. The summed E-state index contributed by atoms with van der Waals surface area (Å²) in [4.78, 5) is 11.6. The van der Waals surface area contributed by atoms with Crippen LogP contribution < -0.4 is 10.6 Å². The summed E-state index contributed by atoms with van der Waals surface area (Å²) < 4.78 is 5.22. The van der Waals surface area contributed by atoms with Gasteiger partial charge in [-0.05, 0) is 46.5 Å². The minimum Gasteiger partial charge on any atom is -0.444 e. The first-order valence-electron chi connectivity index (χ1n) is 7.16. The molecule has 0 heterocycles. The second-order valence-corrected chi connectivity index (χ2v) is 6.44. The third-order valence-electron chi connectivity index (χ3n) is 3.24. The van der Waals surface area contributed by atoms with Crippen LogP contribution in [0.1, 0.15) is 47.0 Å². The number of alkyl carbamates (subject to hydrolysis) is 1. The van der Waals surface area contributed by atoms with Crippen molar-refractivity contribution < 1.29 is 14.6 Å². The zero-order valence-corrected chi connectivity index (χ0v) is 12.5. The maximum absolute atomic E-state index is 11.6. The summed E-state index contributed by atoms with van der Waals surface area (Å²) in [5, 5.41) is 15.5. The summed E-state index contributed by atoms with van der Waals surface area (Å²) in [5.74, 6) is 0.422. The van der Waals surface area contributed by atoms with E-state index in [1.165, 1.54) is 0 Å². The molecule has 1 fully saturated rings. The second kappa shape index (κ2) is 7.10. The number of nitrogens with one attached hydrogen (secondary N) is 2. The van der Waals surface area contributed by atoms with Crippen LogP contribution in [0.2, 0.25) is 0 Å². The van der Waals surface area contributed by atoms with Crippen LogP contribution in [0.3, 0.4) is 0 Å². The quantitative estimate of drug-likeness (QED) is 0.711. The number of aliphatic hydroxyl groups is 1. The molecule has 3 unspecified atom stereocenters. The van der Waals surface area contributed by atoms with Gasteiger partial charge < -0.3 is 20.5 Å². The Labute approximate surface area is 116 Å². The molecule has 1 aliphatic carbocycles. The van der Waals surface area contributed by atoms with E-state index in [4.69, 9.17) is 4.74 Å². The van der Waals surface area contributed by atoms with Gasteiger partial charge in [-0.3, -0.25) is 0 Å². The Morgan fingerprint density at radius 2 is 2.11 bits per heavy atom. The summed E-state index contributed by atoms with van der Waals surface area (Å²) in [6, 6.07) is 0.379. The monoisotopic (exact) mass is 272 g/mol. The largest absolute Gasteiger partial charge is 0.444 e. The lowest BCUT2D eigenvalue weighted by molar-refractivity contribution is 0.0516. The van der Waals surface area contributed by atoms with Crippen molar-refractivity contribution in [3.8, 4) is 0 Å². The van der Waals surface area contributed by atoms with E-state index in [0.29, 0.717) is 25.0 Å². The van der Waals surface area contributed by atoms with Crippen molar-refractivity contribution >= 4 is 6.09 Å². The molecule has 0 spiro atoms. The molecule has 0 radical (unpaired) electrons. The van der Waals surface area contributed by atoms with Gasteiger partial charge in [0, 0.05) is 19.1 Å². The molecule has 0 aromatic carbocycles. The van der Waals surface area contributed by atoms with Gasteiger partial charge in [-0.15, -0.1) is 0 Å². The third kappa shape index (κ3) is 6.78. The van der Waals surface area contributed by atoms with E-state index in [1.807, 2.05) is 20.8 Å². The fourth-order valence-electron chi connectivity index (χ4n) is 2.40. The van der Waals surface area contributed by atoms with Crippen molar-refractivity contribution in [2.24, 2.45) is 5.92 Å². The third-order valence-corrected chi connectivity index (χ3v) is 3.24. The average molecular weight is 272 g/mol. The van der Waals surface area contributed by atoms with Gasteiger partial charge in [-0.25, -0.2) is 4.79 Å². The molecule has 3 atom stereocenters. The molecule has 112 valence electrons. The van der Waals surface area contributed by atoms with Crippen LogP contribution in [0.4, 0.5) is 4.79 Å². The van der Waals surface area contributed by atoms with E-state index in [9.17, 15) is 9.90 Å². The van der Waals surface area contributed by atoms with Gasteiger partial charge in [0.15, 0.2) is 0 Å². The summed E-state index contributed by atoms with van der Waals surface area (Å²) in [7, 11) is 0. The Hall–Kier alpha value is -0.810. The van der Waals surface area contributed by atoms with Crippen molar-refractivity contribution in [3.05, 3.63) is 0 Å². The molecular formula is C14H28N2O3. The number of hydrogen-bond acceptors (Lipinski definition) is 4. The SMILES string of the molecule is CC(O)CNC1CCCC1CNC(=O)OC(C)(C)C. The van der Waals surface area contributed by atoms with Crippen LogP contribution in [0.5, 0.6) is 0 Å². The van der Waals surface area contributed by atoms with Crippen LogP contribution in [0.15, 0.2) is 0 Å². The van der Waals surface area contributed by atoms with Crippen LogP contribution in [0.25, 0.3) is 0 Å². The van der Waals surface area contributed by atoms with E-state index in [0.717, 1.165) is 19.3 Å². The van der Waals surface area contributed by atoms with Crippen molar-refractivity contribution in [3.63, 3.8) is 0 Å². The Morgan fingerprint density at radius 3 is 2.68 bits per heavy atom. The molecule has 0 aromatic rings. The number of carbonyl (C=O) groups is 1. The standard InChI is InChI=1S/C14H28N2O3/c1-10(17)8-15-12-7-5-6-11(12)9-16-13(18)19-14(2,3)4/h10-12,15,17H,5-9H2,1-4H3,(H,16,18). The normalized spacial score (nSPS) is 25.1. The topological polar surface area (TPSA) is 70.6 Å². The molecule has 0 aliphatic heterocycles. The fourth-order valence-corrected chi connectivity index (χ4v) is 2.40. The number of amides is 1. The van der Waals surface area contributed by atoms with E-state index in [1.54, 1.807) is 6.92 Å². The number of aliphatic hydroxyl groups excluding tert-OH is 1. The summed E-state index contributed by atoms with van der Waals surface area (Å²) in [6.45, 7) is 8.58. The molecule has 1 aliphatic rings. The molecule has 1 rings (SSSR count). The smallest absolute Gasteiger partial charge is 0.407 e. The summed E-state index contributed by atoms with van der Waals surface area (Å²) in [5.41, 5.74) is -0.455. The van der Waals surface area contributed by atoms with Gasteiger partial charge in [-0.1, -0.05) is 6.42 Å². The number of ether oxygens (including phenoxy) is 1. The minimum absolute atomic E-state index is 0.333. The zero-order valence-electron chi connectivity index (χ0n) is 12.5. The van der Waals surface area contributed by atoms with Crippen molar-refractivity contribution in [1.82, 2.24) is 10.6 Å². The predicted octanol–water partition coefficient (Wildman–Crippen LogP) is 1.65. The molecule has 0 bridgehead atoms. The Bertz CT molecular complexity index is 287. The highest BCUT2D eigenvalue weighted by atomic mass is 16.6. The number of rotatable bonds is 5. The minimum atomic E-state index is -0.455. The fraction of sp³-hybridized carbons (Fsp3) is 0.929. The molecular weight excluding hydrogens is 244 g/mol. The molecule has 0 aromatic heterocycles. The first-order valence-corrected chi connectivity index (χ1v) is 7.16. The van der Waals surface area contributed by atoms with Crippen LogP contribution >= 0.6 is 0 Å². The molecule has 5 nitrogen and oxygen atoms in total. The maximum atomic E-state index is 11.6. The first kappa shape index (κ1) is 16.2. The van der Waals surface area contributed by atoms with Crippen molar-refractivity contribution in [2.45, 2.75) is 64.7 Å². The first-order chi connectivity index (χ1) is 8.78. The lowest BCUT2D eigenvalue weighted by Gasteiger charge is -2.24. The van der Waals surface area contributed by atoms with E-state index < -0.39 is 5.60 Å². The van der Waals surface area contributed by atoms with Gasteiger partial charge >= 0.3 is 6.09 Å². The van der Waals surface area contributed by atoms with Gasteiger partial charge in [-0.2, -0.15) is 0 Å². The summed E-state index contributed by atoms with van der Waals surface area (Å²) >= 11 is 0. The lowest BCUT2D eigenvalue weighted by atomic mass is 10.0. The Morgan fingerprint density at radius 1 is 1.42 bits per heavy atom. The number of hydrogen-bond donors (Lipinski definition) is 3. The van der Waals surface area contributed by atoms with Crippen molar-refractivity contribution in [1.29, 1.82) is 0 Å². The van der Waals surface area contributed by atoms with Crippen LogP contribution in [0, 0.1) is 5.92 Å². The Kier molecular flexibility index (Phi) is 6.07. The van der Waals surface area contributed by atoms with Gasteiger partial charge in [0.05, 0.1) is 6.10 Å². The molecule has 5 heteroatoms. The van der Waals surface area contributed by atoms with E-state index in [-0.39, 0.29) is 12.2 Å². The van der Waals surface area contributed by atoms with E-state index in [2.05, 4.69) is 10.6 Å². The molecule has 1 saturated carbocycles. The second-order valence-electron chi connectivity index (χ2n) is 6.44. The van der Waals surface area contributed by atoms with Gasteiger partial charge in [0.25, 0.3) is 0 Å². The van der Waals surface area contributed by atoms with Crippen LogP contribution in [-0.2, 0) is 4.74 Å². The highest BCUT2D eigenvalue weighted by Gasteiger charge is 2.27. The average Bonchev–Trinajstić information content (AvgIpc) is 2.68. The summed E-state index contributed by atoms with van der Waals surface area (Å²) in [6.07, 6.45) is 2.69. The van der Waals surface area contributed by atoms with Gasteiger partial charge in [0.2, 0.25) is 0 Å². The predicted molar refractivity (Wildman–Crippen MR) is 75.0 cm³/mol. The molecule has 1 amide bonds. The zero-order chi connectivity index (χ0) is 14.5. The molecule has 3 N–H and O–H groups in total.